The highest BCUT2D eigenvalue weighted by Crippen LogP contribution is 2.33. The summed E-state index contributed by atoms with van der Waals surface area (Å²) < 4.78 is 18.5. The van der Waals surface area contributed by atoms with Crippen LogP contribution in [0, 0.1) is 5.95 Å². The third-order valence-corrected chi connectivity index (χ3v) is 2.64. The molecule has 94 valence electrons. The first-order valence-electron chi connectivity index (χ1n) is 4.91. The Morgan fingerprint density at radius 3 is 2.71 bits per heavy atom. The van der Waals surface area contributed by atoms with Crippen LogP contribution in [0.25, 0.3) is 0 Å². The molecular weight excluding hydrogens is 235 g/mol. The van der Waals surface area contributed by atoms with Crippen molar-refractivity contribution in [3.63, 3.8) is 0 Å². The number of rotatable bonds is 2. The maximum atomic E-state index is 13.4. The topological polar surface area (TPSA) is 116 Å². The third kappa shape index (κ3) is 2.07. The minimum absolute atomic E-state index is 0.174. The normalized spacial score (nSPS) is 32.9. The summed E-state index contributed by atoms with van der Waals surface area (Å²) in [7, 11) is 0. The Hall–Kier alpha value is -1.35. The van der Waals surface area contributed by atoms with Gasteiger partial charge in [0.2, 0.25) is 5.95 Å². The van der Waals surface area contributed by atoms with Gasteiger partial charge in [0.15, 0.2) is 0 Å². The predicted octanol–water partition coefficient (Wildman–Crippen LogP) is -1.94. The molecule has 0 radical (unpaired) electrons. The number of aliphatic hydroxyl groups is 3. The van der Waals surface area contributed by atoms with Crippen molar-refractivity contribution in [2.24, 2.45) is 0 Å². The van der Waals surface area contributed by atoms with Crippen LogP contribution in [0.15, 0.2) is 11.0 Å². The standard InChI is InChI=1S/C9H11FN2O5/c10-8-3(1-11-9(16)12-8)7-6(15)5(14)4(2-13)17-7/h1,4-7,13-15H,2H2,(H,11,12,16)/t4-,5?,6+,7+/m1/s1. The van der Waals surface area contributed by atoms with Crippen LogP contribution in [0.2, 0.25) is 0 Å². The number of nitrogens with one attached hydrogen (secondary N) is 1. The molecule has 2 heterocycles. The smallest absolute Gasteiger partial charge is 0.347 e. The van der Waals surface area contributed by atoms with Gasteiger partial charge in [0.1, 0.15) is 24.4 Å². The molecule has 0 saturated carbocycles. The molecule has 0 aliphatic carbocycles. The number of nitrogens with zero attached hydrogens (tertiary/aromatic N) is 1. The molecule has 4 atom stereocenters. The first kappa shape index (κ1) is 12.1. The second kappa shape index (κ2) is 4.49. The number of aromatic amines is 1. The van der Waals surface area contributed by atoms with Crippen molar-refractivity contribution >= 4 is 0 Å². The fraction of sp³-hybridized carbons (Fsp3) is 0.556. The molecule has 7 nitrogen and oxygen atoms in total. The number of H-pyrrole nitrogens is 1. The zero-order valence-electron chi connectivity index (χ0n) is 8.58. The molecule has 0 amide bonds. The molecule has 1 aliphatic heterocycles. The second-order valence-electron chi connectivity index (χ2n) is 3.72. The Kier molecular flexibility index (Phi) is 3.20. The molecule has 1 saturated heterocycles. The van der Waals surface area contributed by atoms with E-state index in [1.54, 1.807) is 0 Å². The number of aromatic nitrogens is 2. The summed E-state index contributed by atoms with van der Waals surface area (Å²) >= 11 is 0. The Balaban J connectivity index is 2.32. The number of aliphatic hydroxyl groups excluding tert-OH is 3. The molecule has 1 unspecified atom stereocenters. The summed E-state index contributed by atoms with van der Waals surface area (Å²) in [5, 5.41) is 28.0. The summed E-state index contributed by atoms with van der Waals surface area (Å²) in [6, 6.07) is 0. The predicted molar refractivity (Wildman–Crippen MR) is 51.5 cm³/mol. The van der Waals surface area contributed by atoms with E-state index in [1.807, 2.05) is 4.98 Å². The van der Waals surface area contributed by atoms with Gasteiger partial charge in [-0.25, -0.2) is 9.78 Å². The van der Waals surface area contributed by atoms with Gasteiger partial charge in [-0.1, -0.05) is 0 Å². The molecule has 1 aromatic rings. The summed E-state index contributed by atoms with van der Waals surface area (Å²) in [5.74, 6) is -0.986. The van der Waals surface area contributed by atoms with Crippen molar-refractivity contribution in [3.8, 4) is 0 Å². The van der Waals surface area contributed by atoms with Crippen molar-refractivity contribution in [1.82, 2.24) is 9.97 Å². The SMILES string of the molecule is O=c1ncc([C@@H]2O[C@H](CO)C(O)[C@@H]2O)c(F)[nH]1. The van der Waals surface area contributed by atoms with Crippen LogP contribution in [0.3, 0.4) is 0 Å². The fourth-order valence-electron chi connectivity index (χ4n) is 1.74. The molecule has 8 heteroatoms. The zero-order chi connectivity index (χ0) is 12.6. The van der Waals surface area contributed by atoms with Crippen LogP contribution >= 0.6 is 0 Å². The summed E-state index contributed by atoms with van der Waals surface area (Å²) in [5.41, 5.74) is -1.04. The lowest BCUT2D eigenvalue weighted by Crippen LogP contribution is -2.32. The maximum Gasteiger partial charge on any atom is 0.347 e. The molecule has 17 heavy (non-hydrogen) atoms. The van der Waals surface area contributed by atoms with Gasteiger partial charge in [0.25, 0.3) is 0 Å². The quantitative estimate of drug-likeness (QED) is 0.451. The van der Waals surface area contributed by atoms with Gasteiger partial charge in [0.05, 0.1) is 12.2 Å². The first-order valence-corrected chi connectivity index (χ1v) is 4.91. The van der Waals surface area contributed by atoms with E-state index in [1.165, 1.54) is 0 Å². The van der Waals surface area contributed by atoms with Gasteiger partial charge in [-0.3, -0.25) is 4.98 Å². The number of halogens is 1. The van der Waals surface area contributed by atoms with E-state index in [0.717, 1.165) is 6.20 Å². The number of hydrogen-bond donors (Lipinski definition) is 4. The number of ether oxygens (including phenoxy) is 1. The molecule has 0 aromatic carbocycles. The monoisotopic (exact) mass is 246 g/mol. The van der Waals surface area contributed by atoms with E-state index < -0.39 is 42.7 Å². The lowest BCUT2D eigenvalue weighted by molar-refractivity contribution is -0.0240. The van der Waals surface area contributed by atoms with Crippen LogP contribution in [-0.4, -0.2) is 50.2 Å². The van der Waals surface area contributed by atoms with Crippen LogP contribution in [0.4, 0.5) is 4.39 Å². The summed E-state index contributed by atoms with van der Waals surface area (Å²) in [6.45, 7) is -0.507. The number of hydrogen-bond acceptors (Lipinski definition) is 6. The molecule has 2 rings (SSSR count). The van der Waals surface area contributed by atoms with Crippen LogP contribution < -0.4 is 5.69 Å². The van der Waals surface area contributed by atoms with Gasteiger partial charge >= 0.3 is 5.69 Å². The lowest BCUT2D eigenvalue weighted by atomic mass is 10.0. The van der Waals surface area contributed by atoms with E-state index in [-0.39, 0.29) is 5.56 Å². The molecule has 1 fully saturated rings. The Morgan fingerprint density at radius 2 is 2.18 bits per heavy atom. The minimum Gasteiger partial charge on any atom is -0.394 e. The van der Waals surface area contributed by atoms with Crippen molar-refractivity contribution in [3.05, 3.63) is 28.2 Å². The van der Waals surface area contributed by atoms with E-state index in [0.29, 0.717) is 0 Å². The van der Waals surface area contributed by atoms with Gasteiger partial charge in [-0.2, -0.15) is 4.39 Å². The highest BCUT2D eigenvalue weighted by molar-refractivity contribution is 5.14. The van der Waals surface area contributed by atoms with Crippen LogP contribution in [0.5, 0.6) is 0 Å². The average molecular weight is 246 g/mol. The molecule has 4 N–H and O–H groups in total. The van der Waals surface area contributed by atoms with Crippen molar-refractivity contribution < 1.29 is 24.4 Å². The molecular formula is C9H11FN2O5. The molecule has 1 aromatic heterocycles. The van der Waals surface area contributed by atoms with E-state index in [4.69, 9.17) is 9.84 Å². The van der Waals surface area contributed by atoms with E-state index in [9.17, 15) is 19.4 Å². The Morgan fingerprint density at radius 1 is 1.47 bits per heavy atom. The van der Waals surface area contributed by atoms with Crippen molar-refractivity contribution in [2.45, 2.75) is 24.4 Å². The van der Waals surface area contributed by atoms with Gasteiger partial charge in [-0.15, -0.1) is 0 Å². The zero-order valence-corrected chi connectivity index (χ0v) is 8.58. The van der Waals surface area contributed by atoms with E-state index in [2.05, 4.69) is 4.98 Å². The largest absolute Gasteiger partial charge is 0.394 e. The first-order chi connectivity index (χ1) is 8.04. The van der Waals surface area contributed by atoms with Gasteiger partial charge < -0.3 is 20.1 Å². The highest BCUT2D eigenvalue weighted by Gasteiger charge is 2.44. The van der Waals surface area contributed by atoms with Crippen molar-refractivity contribution in [1.29, 1.82) is 0 Å². The highest BCUT2D eigenvalue weighted by atomic mass is 19.1. The molecule has 0 bridgehead atoms. The third-order valence-electron chi connectivity index (χ3n) is 2.64. The van der Waals surface area contributed by atoms with Crippen LogP contribution in [-0.2, 0) is 4.74 Å². The Bertz CT molecular complexity index is 465. The van der Waals surface area contributed by atoms with Gasteiger partial charge in [-0.05, 0) is 0 Å². The van der Waals surface area contributed by atoms with Gasteiger partial charge in [0, 0.05) is 6.20 Å². The van der Waals surface area contributed by atoms with E-state index >= 15 is 0 Å². The minimum atomic E-state index is -1.39. The van der Waals surface area contributed by atoms with Crippen molar-refractivity contribution in [2.75, 3.05) is 6.61 Å². The lowest BCUT2D eigenvalue weighted by Gasteiger charge is -2.14. The molecule has 1 aliphatic rings. The summed E-state index contributed by atoms with van der Waals surface area (Å²) in [6.07, 6.45) is -3.97. The maximum absolute atomic E-state index is 13.4. The van der Waals surface area contributed by atoms with Crippen LogP contribution in [0.1, 0.15) is 11.7 Å². The average Bonchev–Trinajstić information content (AvgIpc) is 2.57. The fourth-order valence-corrected chi connectivity index (χ4v) is 1.74. The summed E-state index contributed by atoms with van der Waals surface area (Å²) in [4.78, 5) is 15.8. The second-order valence-corrected chi connectivity index (χ2v) is 3.72. The molecule has 0 spiro atoms. The Labute approximate surface area is 94.5 Å².